The summed E-state index contributed by atoms with van der Waals surface area (Å²) in [6, 6.07) is 6.64. The number of carbonyl (C=O) groups is 1. The summed E-state index contributed by atoms with van der Waals surface area (Å²) in [6.07, 6.45) is 9.17. The molecule has 0 atom stereocenters. The monoisotopic (exact) mass is 338 g/mol. The van der Waals surface area contributed by atoms with Crippen LogP contribution in [0.2, 0.25) is 0 Å². The van der Waals surface area contributed by atoms with Gasteiger partial charge < -0.3 is 9.47 Å². The number of fused-ring (bicyclic) bond motifs is 1. The highest BCUT2D eigenvalue weighted by molar-refractivity contribution is 5.79. The van der Waals surface area contributed by atoms with E-state index in [0.717, 1.165) is 31.8 Å². The third-order valence-corrected chi connectivity index (χ3v) is 5.73. The lowest BCUT2D eigenvalue weighted by Crippen LogP contribution is -2.39. The fourth-order valence-electron chi connectivity index (χ4n) is 4.23. The van der Waals surface area contributed by atoms with E-state index in [0.29, 0.717) is 12.3 Å². The van der Waals surface area contributed by atoms with Crippen LogP contribution in [0.4, 0.5) is 0 Å². The van der Waals surface area contributed by atoms with E-state index in [9.17, 15) is 4.79 Å². The molecule has 4 rings (SSSR count). The maximum Gasteiger partial charge on any atom is 0.226 e. The number of benzene rings is 1. The zero-order valence-electron chi connectivity index (χ0n) is 14.9. The first-order valence-corrected chi connectivity index (χ1v) is 9.43. The van der Waals surface area contributed by atoms with Gasteiger partial charge in [-0.15, -0.1) is 10.2 Å². The van der Waals surface area contributed by atoms with Crippen LogP contribution in [0.15, 0.2) is 24.5 Å². The molecule has 2 aliphatic rings. The standard InChI is InChI=1S/C20H26N4O/c1-23-14-21-22-20(23)17-8-10-24(11-9-17)19(25)13-15-6-7-16-4-2-3-5-18(16)12-15/h6-7,12,14,17H,2-5,8-11,13H2,1H3. The molecule has 0 unspecified atom stereocenters. The SMILES string of the molecule is Cn1cnnc1C1CCN(C(=O)Cc2ccc3c(c2)CCCC3)CC1. The number of likely N-dealkylation sites (tertiary alicyclic amines) is 1. The smallest absolute Gasteiger partial charge is 0.226 e. The number of rotatable bonds is 3. The van der Waals surface area contributed by atoms with Crippen molar-refractivity contribution in [3.05, 3.63) is 47.0 Å². The molecule has 1 fully saturated rings. The summed E-state index contributed by atoms with van der Waals surface area (Å²) in [7, 11) is 1.99. The third-order valence-electron chi connectivity index (χ3n) is 5.73. The van der Waals surface area contributed by atoms with E-state index in [2.05, 4.69) is 28.4 Å². The highest BCUT2D eigenvalue weighted by Crippen LogP contribution is 2.27. The van der Waals surface area contributed by atoms with Crippen molar-refractivity contribution in [2.75, 3.05) is 13.1 Å². The Morgan fingerprint density at radius 2 is 1.92 bits per heavy atom. The summed E-state index contributed by atoms with van der Waals surface area (Å²) >= 11 is 0. The molecule has 0 saturated carbocycles. The topological polar surface area (TPSA) is 51.0 Å². The van der Waals surface area contributed by atoms with E-state index < -0.39 is 0 Å². The first-order valence-electron chi connectivity index (χ1n) is 9.43. The first-order chi connectivity index (χ1) is 12.2. The number of hydrogen-bond acceptors (Lipinski definition) is 3. The predicted octanol–water partition coefficient (Wildman–Crippen LogP) is 2.64. The summed E-state index contributed by atoms with van der Waals surface area (Å²) in [5.74, 6) is 1.72. The molecule has 2 aromatic rings. The molecule has 1 aromatic carbocycles. The molecule has 1 saturated heterocycles. The number of amides is 1. The minimum absolute atomic E-state index is 0.257. The Morgan fingerprint density at radius 3 is 2.64 bits per heavy atom. The van der Waals surface area contributed by atoms with Gasteiger partial charge in [0.2, 0.25) is 5.91 Å². The molecule has 2 heterocycles. The molecule has 1 aromatic heterocycles. The molecule has 0 N–H and O–H groups in total. The highest BCUT2D eigenvalue weighted by Gasteiger charge is 2.26. The van der Waals surface area contributed by atoms with E-state index in [1.54, 1.807) is 6.33 Å². The lowest BCUT2D eigenvalue weighted by molar-refractivity contribution is -0.131. The zero-order valence-corrected chi connectivity index (χ0v) is 14.9. The van der Waals surface area contributed by atoms with Crippen molar-refractivity contribution in [1.29, 1.82) is 0 Å². The number of hydrogen-bond donors (Lipinski definition) is 0. The summed E-state index contributed by atoms with van der Waals surface area (Å²) in [6.45, 7) is 1.64. The van der Waals surface area contributed by atoms with Gasteiger partial charge in [0.25, 0.3) is 0 Å². The van der Waals surface area contributed by atoms with Crippen molar-refractivity contribution < 1.29 is 4.79 Å². The molecule has 132 valence electrons. The van der Waals surface area contributed by atoms with Gasteiger partial charge in [0.05, 0.1) is 6.42 Å². The van der Waals surface area contributed by atoms with Gasteiger partial charge in [0.15, 0.2) is 0 Å². The van der Waals surface area contributed by atoms with E-state index in [4.69, 9.17) is 0 Å². The van der Waals surface area contributed by atoms with E-state index in [1.807, 2.05) is 16.5 Å². The average Bonchev–Trinajstić information content (AvgIpc) is 3.08. The van der Waals surface area contributed by atoms with Crippen molar-refractivity contribution in [1.82, 2.24) is 19.7 Å². The number of carbonyl (C=O) groups excluding carboxylic acids is 1. The van der Waals surface area contributed by atoms with Gasteiger partial charge in [-0.3, -0.25) is 4.79 Å². The van der Waals surface area contributed by atoms with Crippen LogP contribution in [0.25, 0.3) is 0 Å². The summed E-state index contributed by atoms with van der Waals surface area (Å²) < 4.78 is 2.00. The zero-order chi connectivity index (χ0) is 17.2. The van der Waals surface area contributed by atoms with Gasteiger partial charge in [-0.1, -0.05) is 18.2 Å². The van der Waals surface area contributed by atoms with Crippen molar-refractivity contribution in [3.8, 4) is 0 Å². The van der Waals surface area contributed by atoms with Crippen LogP contribution in [0.5, 0.6) is 0 Å². The van der Waals surface area contributed by atoms with Gasteiger partial charge in [0.1, 0.15) is 12.2 Å². The van der Waals surface area contributed by atoms with E-state index in [-0.39, 0.29) is 5.91 Å². The second kappa shape index (κ2) is 6.98. The molecular formula is C20H26N4O. The Labute approximate surface area is 149 Å². The second-order valence-corrected chi connectivity index (χ2v) is 7.44. The lowest BCUT2D eigenvalue weighted by Gasteiger charge is -2.31. The summed E-state index contributed by atoms with van der Waals surface area (Å²) in [5, 5.41) is 8.20. The Morgan fingerprint density at radius 1 is 1.16 bits per heavy atom. The number of nitrogens with zero attached hydrogens (tertiary/aromatic N) is 4. The van der Waals surface area contributed by atoms with Crippen LogP contribution in [0.3, 0.4) is 0 Å². The van der Waals surface area contributed by atoms with Crippen LogP contribution in [0.1, 0.15) is 54.1 Å². The summed E-state index contributed by atoms with van der Waals surface area (Å²) in [4.78, 5) is 14.7. The third kappa shape index (κ3) is 3.46. The van der Waals surface area contributed by atoms with Crippen molar-refractivity contribution >= 4 is 5.91 Å². The van der Waals surface area contributed by atoms with Crippen molar-refractivity contribution in [3.63, 3.8) is 0 Å². The minimum atomic E-state index is 0.257. The molecule has 5 nitrogen and oxygen atoms in total. The minimum Gasteiger partial charge on any atom is -0.342 e. The average molecular weight is 338 g/mol. The largest absolute Gasteiger partial charge is 0.342 e. The normalized spacial score (nSPS) is 18.2. The fourth-order valence-corrected chi connectivity index (χ4v) is 4.23. The molecule has 1 aliphatic carbocycles. The van der Waals surface area contributed by atoms with Crippen LogP contribution >= 0.6 is 0 Å². The lowest BCUT2D eigenvalue weighted by atomic mass is 9.89. The molecule has 1 aliphatic heterocycles. The highest BCUT2D eigenvalue weighted by atomic mass is 16.2. The summed E-state index contributed by atoms with van der Waals surface area (Å²) in [5.41, 5.74) is 4.10. The van der Waals surface area contributed by atoms with E-state index in [1.165, 1.54) is 42.4 Å². The molecule has 0 radical (unpaired) electrons. The second-order valence-electron chi connectivity index (χ2n) is 7.44. The molecule has 5 heteroatoms. The van der Waals surface area contributed by atoms with Gasteiger partial charge >= 0.3 is 0 Å². The Balaban J connectivity index is 1.35. The fraction of sp³-hybridized carbons (Fsp3) is 0.550. The molecule has 0 bridgehead atoms. The van der Waals surface area contributed by atoms with Crippen molar-refractivity contribution in [2.45, 2.75) is 50.9 Å². The number of aryl methyl sites for hydroxylation is 3. The van der Waals surface area contributed by atoms with Crippen LogP contribution < -0.4 is 0 Å². The Hall–Kier alpha value is -2.17. The van der Waals surface area contributed by atoms with E-state index >= 15 is 0 Å². The molecule has 0 spiro atoms. The Bertz CT molecular complexity index is 759. The molecule has 1 amide bonds. The van der Waals surface area contributed by atoms with Crippen molar-refractivity contribution in [2.24, 2.45) is 7.05 Å². The van der Waals surface area contributed by atoms with Crippen LogP contribution in [-0.4, -0.2) is 38.7 Å². The van der Waals surface area contributed by atoms with Gasteiger partial charge in [-0.05, 0) is 55.2 Å². The molecular weight excluding hydrogens is 312 g/mol. The van der Waals surface area contributed by atoms with Gasteiger partial charge in [-0.25, -0.2) is 0 Å². The van der Waals surface area contributed by atoms with Gasteiger partial charge in [-0.2, -0.15) is 0 Å². The maximum atomic E-state index is 12.7. The quantitative estimate of drug-likeness (QED) is 0.864. The Kier molecular flexibility index (Phi) is 4.55. The number of aromatic nitrogens is 3. The maximum absolute atomic E-state index is 12.7. The predicted molar refractivity (Wildman–Crippen MR) is 96.3 cm³/mol. The van der Waals surface area contributed by atoms with Crippen LogP contribution in [0, 0.1) is 0 Å². The first kappa shape index (κ1) is 16.3. The molecule has 25 heavy (non-hydrogen) atoms. The number of piperidine rings is 1. The van der Waals surface area contributed by atoms with Crippen LogP contribution in [-0.2, 0) is 31.1 Å². The van der Waals surface area contributed by atoms with Gasteiger partial charge in [0, 0.05) is 26.1 Å².